The molecule has 0 fully saturated rings. The van der Waals surface area contributed by atoms with E-state index >= 15 is 0 Å². The van der Waals surface area contributed by atoms with Crippen molar-refractivity contribution >= 4 is 28.9 Å². The molecule has 0 bridgehead atoms. The largest absolute Gasteiger partial charge is 0.573 e. The van der Waals surface area contributed by atoms with Crippen LogP contribution in [0.4, 0.5) is 18.9 Å². The summed E-state index contributed by atoms with van der Waals surface area (Å²) in [5.41, 5.74) is 1.43. The Hall–Kier alpha value is -1.59. The van der Waals surface area contributed by atoms with Gasteiger partial charge in [0.25, 0.3) is 0 Å². The average Bonchev–Trinajstić information content (AvgIpc) is 2.40. The molecular weight excluding hydrogens is 326 g/mol. The van der Waals surface area contributed by atoms with E-state index in [0.29, 0.717) is 22.3 Å². The molecular formula is C14H10Cl2F3NO. The van der Waals surface area contributed by atoms with Gasteiger partial charge in [0.1, 0.15) is 5.75 Å². The molecule has 1 N–H and O–H groups in total. The highest BCUT2D eigenvalue weighted by atomic mass is 35.5. The highest BCUT2D eigenvalue weighted by molar-refractivity contribution is 6.33. The maximum atomic E-state index is 12.0. The third kappa shape index (κ3) is 5.02. The molecule has 0 aliphatic rings. The first-order valence-electron chi connectivity index (χ1n) is 5.87. The topological polar surface area (TPSA) is 21.3 Å². The van der Waals surface area contributed by atoms with Crippen molar-refractivity contribution in [3.63, 3.8) is 0 Å². The van der Waals surface area contributed by atoms with Crippen LogP contribution in [-0.4, -0.2) is 6.36 Å². The van der Waals surface area contributed by atoms with Crippen LogP contribution in [0.5, 0.6) is 5.75 Å². The van der Waals surface area contributed by atoms with Gasteiger partial charge in [-0.05, 0) is 48.0 Å². The van der Waals surface area contributed by atoms with Gasteiger partial charge in [-0.1, -0.05) is 23.2 Å². The van der Waals surface area contributed by atoms with E-state index in [9.17, 15) is 13.2 Å². The summed E-state index contributed by atoms with van der Waals surface area (Å²) >= 11 is 11.9. The lowest BCUT2D eigenvalue weighted by Crippen LogP contribution is -2.17. The smallest absolute Gasteiger partial charge is 0.406 e. The predicted molar refractivity (Wildman–Crippen MR) is 76.9 cm³/mol. The first-order chi connectivity index (χ1) is 9.83. The number of hydrogen-bond donors (Lipinski definition) is 1. The number of rotatable bonds is 4. The van der Waals surface area contributed by atoms with Crippen molar-refractivity contribution in [3.05, 3.63) is 58.1 Å². The van der Waals surface area contributed by atoms with Crippen LogP contribution in [-0.2, 0) is 6.54 Å². The second-order valence-corrected chi connectivity index (χ2v) is 5.01. The number of anilines is 1. The Morgan fingerprint density at radius 3 is 2.29 bits per heavy atom. The Balaban J connectivity index is 1.99. The minimum Gasteiger partial charge on any atom is -0.406 e. The van der Waals surface area contributed by atoms with Crippen molar-refractivity contribution in [3.8, 4) is 5.75 Å². The van der Waals surface area contributed by atoms with Crippen LogP contribution in [0.1, 0.15) is 5.56 Å². The second-order valence-electron chi connectivity index (χ2n) is 4.16. The maximum Gasteiger partial charge on any atom is 0.573 e. The van der Waals surface area contributed by atoms with E-state index in [1.54, 1.807) is 18.2 Å². The highest BCUT2D eigenvalue weighted by Gasteiger charge is 2.30. The molecule has 7 heteroatoms. The summed E-state index contributed by atoms with van der Waals surface area (Å²) in [5.74, 6) is -0.270. The standard InChI is InChI=1S/C14H10Cl2F3NO/c15-10-1-6-13(16)9(7-10)8-20-11-2-4-12(5-3-11)21-14(17,18)19/h1-7,20H,8H2. The van der Waals surface area contributed by atoms with Gasteiger partial charge in [0.2, 0.25) is 0 Å². The molecule has 2 aromatic carbocycles. The van der Waals surface area contributed by atoms with Gasteiger partial charge in [0.05, 0.1) is 0 Å². The number of halogens is 5. The Kier molecular flexibility index (Phi) is 4.85. The summed E-state index contributed by atoms with van der Waals surface area (Å²) in [6, 6.07) is 10.5. The Bertz CT molecular complexity index is 615. The van der Waals surface area contributed by atoms with Crippen LogP contribution in [0.15, 0.2) is 42.5 Å². The minimum absolute atomic E-state index is 0.270. The van der Waals surface area contributed by atoms with E-state index in [2.05, 4.69) is 10.1 Å². The predicted octanol–water partition coefficient (Wildman–Crippen LogP) is 5.50. The number of alkyl halides is 3. The van der Waals surface area contributed by atoms with Gasteiger partial charge >= 0.3 is 6.36 Å². The number of hydrogen-bond acceptors (Lipinski definition) is 2. The fraction of sp³-hybridized carbons (Fsp3) is 0.143. The van der Waals surface area contributed by atoms with Gasteiger partial charge in [-0.2, -0.15) is 0 Å². The van der Waals surface area contributed by atoms with Gasteiger partial charge in [-0.3, -0.25) is 0 Å². The highest BCUT2D eigenvalue weighted by Crippen LogP contribution is 2.25. The molecule has 0 heterocycles. The van der Waals surface area contributed by atoms with Gasteiger partial charge in [0, 0.05) is 22.3 Å². The summed E-state index contributed by atoms with van der Waals surface area (Å²) in [7, 11) is 0. The summed E-state index contributed by atoms with van der Waals surface area (Å²) in [4.78, 5) is 0. The summed E-state index contributed by atoms with van der Waals surface area (Å²) in [6.45, 7) is 0.402. The zero-order valence-corrected chi connectivity index (χ0v) is 12.1. The molecule has 2 aromatic rings. The number of ether oxygens (including phenoxy) is 1. The van der Waals surface area contributed by atoms with Crippen LogP contribution in [0, 0.1) is 0 Å². The number of benzene rings is 2. The summed E-state index contributed by atoms with van der Waals surface area (Å²) in [5, 5.41) is 4.16. The van der Waals surface area contributed by atoms with Crippen LogP contribution >= 0.6 is 23.2 Å². The molecule has 0 atom stereocenters. The lowest BCUT2D eigenvalue weighted by Gasteiger charge is -2.11. The van der Waals surface area contributed by atoms with E-state index in [1.165, 1.54) is 24.3 Å². The van der Waals surface area contributed by atoms with E-state index in [1.807, 2.05) is 0 Å². The second kappa shape index (κ2) is 6.45. The SMILES string of the molecule is FC(F)(F)Oc1ccc(NCc2cc(Cl)ccc2Cl)cc1. The van der Waals surface area contributed by atoms with Crippen LogP contribution < -0.4 is 10.1 Å². The van der Waals surface area contributed by atoms with E-state index in [0.717, 1.165) is 5.56 Å². The van der Waals surface area contributed by atoms with E-state index < -0.39 is 6.36 Å². The Morgan fingerprint density at radius 1 is 1.00 bits per heavy atom. The lowest BCUT2D eigenvalue weighted by molar-refractivity contribution is -0.274. The van der Waals surface area contributed by atoms with Crippen molar-refractivity contribution in [1.29, 1.82) is 0 Å². The monoisotopic (exact) mass is 335 g/mol. The number of nitrogens with one attached hydrogen (secondary N) is 1. The summed E-state index contributed by atoms with van der Waals surface area (Å²) in [6.07, 6.45) is -4.69. The quantitative estimate of drug-likeness (QED) is 0.796. The molecule has 0 aliphatic heterocycles. The van der Waals surface area contributed by atoms with Crippen molar-refractivity contribution in [2.24, 2.45) is 0 Å². The Labute approximate surface area is 129 Å². The zero-order valence-electron chi connectivity index (χ0n) is 10.5. The van der Waals surface area contributed by atoms with Crippen LogP contribution in [0.25, 0.3) is 0 Å². The Morgan fingerprint density at radius 2 is 1.67 bits per heavy atom. The molecule has 112 valence electrons. The van der Waals surface area contributed by atoms with Crippen molar-refractivity contribution < 1.29 is 17.9 Å². The molecule has 0 radical (unpaired) electrons. The van der Waals surface area contributed by atoms with Gasteiger partial charge in [-0.25, -0.2) is 0 Å². The van der Waals surface area contributed by atoms with Crippen molar-refractivity contribution in [2.75, 3.05) is 5.32 Å². The fourth-order valence-electron chi connectivity index (χ4n) is 1.65. The van der Waals surface area contributed by atoms with Crippen molar-refractivity contribution in [2.45, 2.75) is 12.9 Å². The molecule has 0 aliphatic carbocycles. The molecule has 0 spiro atoms. The molecule has 2 rings (SSSR count). The maximum absolute atomic E-state index is 12.0. The molecule has 0 saturated carbocycles. The average molecular weight is 336 g/mol. The van der Waals surface area contributed by atoms with Crippen molar-refractivity contribution in [1.82, 2.24) is 0 Å². The minimum atomic E-state index is -4.69. The molecule has 2 nitrogen and oxygen atoms in total. The van der Waals surface area contributed by atoms with Crippen LogP contribution in [0.2, 0.25) is 10.0 Å². The molecule has 0 amide bonds. The third-order valence-electron chi connectivity index (χ3n) is 2.58. The summed E-state index contributed by atoms with van der Waals surface area (Å²) < 4.78 is 39.9. The molecule has 21 heavy (non-hydrogen) atoms. The third-order valence-corrected chi connectivity index (χ3v) is 3.18. The van der Waals surface area contributed by atoms with E-state index in [-0.39, 0.29) is 5.75 Å². The van der Waals surface area contributed by atoms with E-state index in [4.69, 9.17) is 23.2 Å². The lowest BCUT2D eigenvalue weighted by atomic mass is 10.2. The first kappa shape index (κ1) is 15.8. The van der Waals surface area contributed by atoms with Crippen LogP contribution in [0.3, 0.4) is 0 Å². The normalized spacial score (nSPS) is 11.3. The van der Waals surface area contributed by atoms with Gasteiger partial charge < -0.3 is 10.1 Å². The molecule has 0 saturated heterocycles. The van der Waals surface area contributed by atoms with Gasteiger partial charge in [-0.15, -0.1) is 13.2 Å². The molecule has 0 unspecified atom stereocenters. The fourth-order valence-corrected chi connectivity index (χ4v) is 2.03. The first-order valence-corrected chi connectivity index (χ1v) is 6.63. The van der Waals surface area contributed by atoms with Gasteiger partial charge in [0.15, 0.2) is 0 Å². The molecule has 0 aromatic heterocycles. The zero-order chi connectivity index (χ0) is 15.5.